The molecule has 2 aromatic rings. The van der Waals surface area contributed by atoms with Crippen LogP contribution >= 0.6 is 0 Å². The number of nitrogens with two attached hydrogens (primary N) is 1. The number of anilines is 1. The van der Waals surface area contributed by atoms with Crippen LogP contribution in [0.15, 0.2) is 45.7 Å². The highest BCUT2D eigenvalue weighted by Gasteiger charge is 2.17. The van der Waals surface area contributed by atoms with Crippen LogP contribution in [-0.2, 0) is 10.0 Å². The first kappa shape index (κ1) is 14.3. The van der Waals surface area contributed by atoms with Gasteiger partial charge in [0.2, 0.25) is 10.0 Å². The number of nitrogens with zero attached hydrogens (tertiary/aromatic N) is 1. The van der Waals surface area contributed by atoms with E-state index >= 15 is 0 Å². The molecule has 1 aromatic carbocycles. The van der Waals surface area contributed by atoms with Crippen LogP contribution in [0.3, 0.4) is 0 Å². The van der Waals surface area contributed by atoms with E-state index in [0.717, 1.165) is 0 Å². The molecule has 2 rings (SSSR count). The third kappa shape index (κ3) is 2.89. The van der Waals surface area contributed by atoms with Gasteiger partial charge in [0.05, 0.1) is 4.90 Å². The first-order valence-corrected chi connectivity index (χ1v) is 7.31. The number of hydrogen-bond acceptors (Lipinski definition) is 4. The molecule has 0 fully saturated rings. The molecule has 0 spiro atoms. The Morgan fingerprint density at radius 1 is 1.15 bits per heavy atom. The Balaban J connectivity index is 2.25. The van der Waals surface area contributed by atoms with Crippen LogP contribution in [0.2, 0.25) is 0 Å². The molecule has 2 N–H and O–H groups in total. The van der Waals surface area contributed by atoms with Crippen molar-refractivity contribution in [3.63, 3.8) is 0 Å². The van der Waals surface area contributed by atoms with Gasteiger partial charge in [0.15, 0.2) is 5.76 Å². The van der Waals surface area contributed by atoms with Gasteiger partial charge in [-0.15, -0.1) is 0 Å². The molecule has 0 saturated heterocycles. The largest absolute Gasteiger partial charge is 0.456 e. The van der Waals surface area contributed by atoms with Crippen molar-refractivity contribution in [2.24, 2.45) is 5.14 Å². The van der Waals surface area contributed by atoms with Gasteiger partial charge in [0.1, 0.15) is 5.76 Å². The van der Waals surface area contributed by atoms with Gasteiger partial charge in [-0.05, 0) is 43.3 Å². The lowest BCUT2D eigenvalue weighted by atomic mass is 10.3. The quantitative estimate of drug-likeness (QED) is 0.928. The number of sulfonamides is 1. The van der Waals surface area contributed by atoms with Gasteiger partial charge in [-0.1, -0.05) is 0 Å². The molecule has 0 aliphatic rings. The summed E-state index contributed by atoms with van der Waals surface area (Å²) >= 11 is 0. The molecule has 0 saturated carbocycles. The van der Waals surface area contributed by atoms with E-state index < -0.39 is 10.0 Å². The van der Waals surface area contributed by atoms with Crippen molar-refractivity contribution >= 4 is 21.6 Å². The second-order valence-corrected chi connectivity index (χ2v) is 5.87. The number of benzene rings is 1. The zero-order valence-corrected chi connectivity index (χ0v) is 11.8. The van der Waals surface area contributed by atoms with E-state index in [1.807, 2.05) is 0 Å². The monoisotopic (exact) mass is 294 g/mol. The number of amides is 1. The lowest BCUT2D eigenvalue weighted by molar-refractivity contribution is 0.0965. The van der Waals surface area contributed by atoms with Crippen LogP contribution in [0.25, 0.3) is 0 Å². The smallest absolute Gasteiger partial charge is 0.293 e. The van der Waals surface area contributed by atoms with Gasteiger partial charge in [-0.2, -0.15) is 0 Å². The normalized spacial score (nSPS) is 11.3. The average molecular weight is 294 g/mol. The fraction of sp³-hybridized carbons (Fsp3) is 0.154. The van der Waals surface area contributed by atoms with Crippen molar-refractivity contribution in [1.82, 2.24) is 0 Å². The SMILES string of the molecule is Cc1ccc(C(=O)N(C)c2ccc(S(N)(=O)=O)cc2)o1. The van der Waals surface area contributed by atoms with Gasteiger partial charge in [-0.3, -0.25) is 4.79 Å². The Hall–Kier alpha value is -2.12. The van der Waals surface area contributed by atoms with Crippen molar-refractivity contribution in [2.75, 3.05) is 11.9 Å². The van der Waals surface area contributed by atoms with Crippen molar-refractivity contribution in [1.29, 1.82) is 0 Å². The van der Waals surface area contributed by atoms with Crippen LogP contribution in [-0.4, -0.2) is 21.4 Å². The van der Waals surface area contributed by atoms with Gasteiger partial charge in [-0.25, -0.2) is 13.6 Å². The Bertz CT molecular complexity index is 732. The summed E-state index contributed by atoms with van der Waals surface area (Å²) in [6.45, 7) is 1.75. The molecular formula is C13H14N2O4S. The maximum absolute atomic E-state index is 12.1. The number of rotatable bonds is 3. The molecule has 6 nitrogen and oxygen atoms in total. The Labute approximate surface area is 116 Å². The lowest BCUT2D eigenvalue weighted by Gasteiger charge is -2.16. The van der Waals surface area contributed by atoms with Crippen LogP contribution < -0.4 is 10.0 Å². The van der Waals surface area contributed by atoms with Crippen LogP contribution in [0, 0.1) is 6.92 Å². The summed E-state index contributed by atoms with van der Waals surface area (Å²) in [7, 11) is -2.16. The number of carbonyl (C=O) groups excluding carboxylic acids is 1. The van der Waals surface area contributed by atoms with Gasteiger partial charge in [0.25, 0.3) is 5.91 Å². The zero-order chi connectivity index (χ0) is 14.9. The highest BCUT2D eigenvalue weighted by molar-refractivity contribution is 7.89. The Morgan fingerprint density at radius 3 is 2.20 bits per heavy atom. The van der Waals surface area contributed by atoms with Crippen molar-refractivity contribution in [3.8, 4) is 0 Å². The third-order valence-corrected chi connectivity index (χ3v) is 3.74. The van der Waals surface area contributed by atoms with Crippen LogP contribution in [0.4, 0.5) is 5.69 Å². The molecule has 0 bridgehead atoms. The minimum absolute atomic E-state index is 0.00376. The van der Waals surface area contributed by atoms with E-state index in [0.29, 0.717) is 11.4 Å². The summed E-state index contributed by atoms with van der Waals surface area (Å²) in [6.07, 6.45) is 0. The maximum atomic E-state index is 12.1. The summed E-state index contributed by atoms with van der Waals surface area (Å²) in [5.41, 5.74) is 0.538. The number of primary sulfonamides is 1. The van der Waals surface area contributed by atoms with E-state index in [9.17, 15) is 13.2 Å². The number of furan rings is 1. The van der Waals surface area contributed by atoms with E-state index in [-0.39, 0.29) is 16.6 Å². The highest BCUT2D eigenvalue weighted by Crippen LogP contribution is 2.19. The molecule has 1 aromatic heterocycles. The van der Waals surface area contributed by atoms with Gasteiger partial charge < -0.3 is 9.32 Å². The zero-order valence-electron chi connectivity index (χ0n) is 11.0. The van der Waals surface area contributed by atoms with E-state index in [2.05, 4.69) is 0 Å². The fourth-order valence-electron chi connectivity index (χ4n) is 1.69. The summed E-state index contributed by atoms with van der Waals surface area (Å²) < 4.78 is 27.6. The van der Waals surface area contributed by atoms with Crippen molar-refractivity contribution < 1.29 is 17.6 Å². The van der Waals surface area contributed by atoms with Crippen LogP contribution in [0.1, 0.15) is 16.3 Å². The molecular weight excluding hydrogens is 280 g/mol. The topological polar surface area (TPSA) is 93.6 Å². The van der Waals surface area contributed by atoms with Gasteiger partial charge >= 0.3 is 0 Å². The molecule has 0 unspecified atom stereocenters. The molecule has 1 heterocycles. The fourth-order valence-corrected chi connectivity index (χ4v) is 2.21. The third-order valence-electron chi connectivity index (χ3n) is 2.81. The number of hydrogen-bond donors (Lipinski definition) is 1. The molecule has 1 amide bonds. The molecule has 20 heavy (non-hydrogen) atoms. The minimum atomic E-state index is -3.74. The molecule has 0 radical (unpaired) electrons. The highest BCUT2D eigenvalue weighted by atomic mass is 32.2. The summed E-state index contributed by atoms with van der Waals surface area (Å²) in [5.74, 6) is 0.549. The average Bonchev–Trinajstić information content (AvgIpc) is 2.83. The van der Waals surface area contributed by atoms with E-state index in [1.54, 1.807) is 26.1 Å². The molecule has 0 atom stereocenters. The van der Waals surface area contributed by atoms with Crippen LogP contribution in [0.5, 0.6) is 0 Å². The maximum Gasteiger partial charge on any atom is 0.293 e. The van der Waals surface area contributed by atoms with Crippen molar-refractivity contribution in [3.05, 3.63) is 47.9 Å². The number of carbonyl (C=O) groups is 1. The molecule has 0 aliphatic heterocycles. The lowest BCUT2D eigenvalue weighted by Crippen LogP contribution is -2.25. The Kier molecular flexibility index (Phi) is 3.65. The predicted octanol–water partition coefficient (Wildman–Crippen LogP) is 1.51. The summed E-state index contributed by atoms with van der Waals surface area (Å²) in [5, 5.41) is 5.01. The van der Waals surface area contributed by atoms with Gasteiger partial charge in [0, 0.05) is 12.7 Å². The van der Waals surface area contributed by atoms with E-state index in [4.69, 9.17) is 9.56 Å². The predicted molar refractivity (Wildman–Crippen MR) is 74.0 cm³/mol. The standard InChI is InChI=1S/C13H14N2O4S/c1-9-3-8-12(19-9)13(16)15(2)10-4-6-11(7-5-10)20(14,17)18/h3-8H,1-2H3,(H2,14,17,18). The molecule has 7 heteroatoms. The first-order chi connectivity index (χ1) is 9.29. The number of aryl methyl sites for hydroxylation is 1. The first-order valence-electron chi connectivity index (χ1n) is 5.76. The van der Waals surface area contributed by atoms with E-state index in [1.165, 1.54) is 29.2 Å². The van der Waals surface area contributed by atoms with Crippen molar-refractivity contribution in [2.45, 2.75) is 11.8 Å². The minimum Gasteiger partial charge on any atom is -0.456 e. The Morgan fingerprint density at radius 2 is 1.75 bits per heavy atom. The second-order valence-electron chi connectivity index (χ2n) is 4.31. The summed E-state index contributed by atoms with van der Waals surface area (Å²) in [4.78, 5) is 13.5. The second kappa shape index (κ2) is 5.10. The summed E-state index contributed by atoms with van der Waals surface area (Å²) in [6, 6.07) is 9.00. The molecule has 0 aliphatic carbocycles. The molecule has 106 valence electrons.